The van der Waals surface area contributed by atoms with Crippen molar-refractivity contribution >= 4 is 11.8 Å². The third kappa shape index (κ3) is 4.17. The first-order valence-corrected chi connectivity index (χ1v) is 7.87. The van der Waals surface area contributed by atoms with Gasteiger partial charge in [-0.05, 0) is 30.7 Å². The highest BCUT2D eigenvalue weighted by Gasteiger charge is 2.16. The van der Waals surface area contributed by atoms with E-state index in [0.717, 1.165) is 5.56 Å². The summed E-state index contributed by atoms with van der Waals surface area (Å²) in [5.74, 6) is 0.435. The highest BCUT2D eigenvalue weighted by molar-refractivity contribution is 7.99. The van der Waals surface area contributed by atoms with Crippen molar-refractivity contribution in [3.63, 3.8) is 0 Å². The summed E-state index contributed by atoms with van der Waals surface area (Å²) in [4.78, 5) is 3.85. The van der Waals surface area contributed by atoms with Crippen molar-refractivity contribution in [2.75, 3.05) is 0 Å². The van der Waals surface area contributed by atoms with Crippen molar-refractivity contribution in [2.45, 2.75) is 30.4 Å². The van der Waals surface area contributed by atoms with E-state index in [0.29, 0.717) is 24.1 Å². The first kappa shape index (κ1) is 15.2. The summed E-state index contributed by atoms with van der Waals surface area (Å²) in [6.07, 6.45) is 3.65. The van der Waals surface area contributed by atoms with Gasteiger partial charge in [-0.15, -0.1) is 10.2 Å². The van der Waals surface area contributed by atoms with E-state index in [-0.39, 0.29) is 5.25 Å². The molecule has 0 spiro atoms. The van der Waals surface area contributed by atoms with Crippen LogP contribution in [0.15, 0.2) is 46.6 Å². The van der Waals surface area contributed by atoms with Crippen molar-refractivity contribution in [3.05, 3.63) is 53.9 Å². The van der Waals surface area contributed by atoms with E-state index in [2.05, 4.69) is 26.3 Å². The number of thioether (sulfide) groups is 1. The van der Waals surface area contributed by atoms with Gasteiger partial charge in [0.25, 0.3) is 5.22 Å². The molecular weight excluding hydrogens is 312 g/mol. The number of nitriles is 1. The number of nitrogens with zero attached hydrogens (tertiary/aromatic N) is 6. The van der Waals surface area contributed by atoms with Crippen LogP contribution in [-0.2, 0) is 13.0 Å². The lowest BCUT2D eigenvalue weighted by Crippen LogP contribution is -2.03. The maximum Gasteiger partial charge on any atom is 0.277 e. The molecule has 0 amide bonds. The van der Waals surface area contributed by atoms with Crippen LogP contribution in [0.5, 0.6) is 0 Å². The highest BCUT2D eigenvalue weighted by atomic mass is 32.2. The SMILES string of the molecule is Cc1ccc(C[C@H](C#N)Sc2nnc(Cn3cncn3)o2)cc1. The number of aryl methyl sites for hydroxylation is 1. The predicted octanol–water partition coefficient (Wildman–Crippen LogP) is 2.24. The molecule has 3 aromatic rings. The Morgan fingerprint density at radius 3 is 2.83 bits per heavy atom. The molecule has 2 aromatic heterocycles. The summed E-state index contributed by atoms with van der Waals surface area (Å²) in [6, 6.07) is 10.4. The highest BCUT2D eigenvalue weighted by Crippen LogP contribution is 2.24. The summed E-state index contributed by atoms with van der Waals surface area (Å²) in [5, 5.41) is 21.4. The number of hydrogen-bond acceptors (Lipinski definition) is 7. The zero-order chi connectivity index (χ0) is 16.1. The molecule has 0 aliphatic heterocycles. The molecule has 0 N–H and O–H groups in total. The van der Waals surface area contributed by atoms with Crippen LogP contribution in [0, 0.1) is 18.3 Å². The molecule has 0 radical (unpaired) electrons. The third-order valence-corrected chi connectivity index (χ3v) is 4.06. The molecule has 23 heavy (non-hydrogen) atoms. The minimum Gasteiger partial charge on any atom is -0.414 e. The molecule has 8 heteroatoms. The quantitative estimate of drug-likeness (QED) is 0.641. The minimum atomic E-state index is -0.280. The fraction of sp³-hybridized carbons (Fsp3) is 0.267. The van der Waals surface area contributed by atoms with Gasteiger partial charge in [0.1, 0.15) is 24.4 Å². The van der Waals surface area contributed by atoms with E-state index < -0.39 is 0 Å². The van der Waals surface area contributed by atoms with Crippen LogP contribution in [-0.4, -0.2) is 30.2 Å². The fourth-order valence-corrected chi connectivity index (χ4v) is 2.78. The van der Waals surface area contributed by atoms with Crippen molar-refractivity contribution < 1.29 is 4.42 Å². The van der Waals surface area contributed by atoms with Gasteiger partial charge in [-0.25, -0.2) is 9.67 Å². The fourth-order valence-electron chi connectivity index (χ4n) is 1.98. The molecule has 2 heterocycles. The molecule has 0 aliphatic rings. The number of hydrogen-bond donors (Lipinski definition) is 0. The molecule has 1 aromatic carbocycles. The standard InChI is InChI=1S/C15H14N6OS/c1-11-2-4-12(5-3-11)6-13(7-16)23-15-20-19-14(22-15)8-21-10-17-9-18-21/h2-5,9-10,13H,6,8H2,1H3/t13-/m1/s1. The zero-order valence-electron chi connectivity index (χ0n) is 12.5. The van der Waals surface area contributed by atoms with Crippen LogP contribution in [0.25, 0.3) is 0 Å². The Morgan fingerprint density at radius 2 is 2.13 bits per heavy atom. The van der Waals surface area contributed by atoms with Gasteiger partial charge >= 0.3 is 0 Å². The van der Waals surface area contributed by atoms with E-state index in [9.17, 15) is 5.26 Å². The summed E-state index contributed by atoms with van der Waals surface area (Å²) < 4.78 is 7.14. The molecule has 0 saturated carbocycles. The van der Waals surface area contributed by atoms with Gasteiger partial charge in [0, 0.05) is 0 Å². The summed E-state index contributed by atoms with van der Waals surface area (Å²) in [7, 11) is 0. The first-order chi connectivity index (χ1) is 11.2. The maximum absolute atomic E-state index is 9.33. The second kappa shape index (κ2) is 7.07. The van der Waals surface area contributed by atoms with Gasteiger partial charge in [-0.3, -0.25) is 0 Å². The lowest BCUT2D eigenvalue weighted by molar-refractivity contribution is 0.397. The molecule has 7 nitrogen and oxygen atoms in total. The topological polar surface area (TPSA) is 93.4 Å². The van der Waals surface area contributed by atoms with Gasteiger partial charge in [0.2, 0.25) is 5.89 Å². The molecular formula is C15H14N6OS. The van der Waals surface area contributed by atoms with E-state index in [1.165, 1.54) is 23.7 Å². The number of aromatic nitrogens is 5. The largest absolute Gasteiger partial charge is 0.414 e. The van der Waals surface area contributed by atoms with Crippen LogP contribution in [0.4, 0.5) is 0 Å². The van der Waals surface area contributed by atoms with Crippen molar-refractivity contribution in [2.24, 2.45) is 0 Å². The third-order valence-electron chi connectivity index (χ3n) is 3.14. The summed E-state index contributed by atoms with van der Waals surface area (Å²) in [5.41, 5.74) is 2.31. The van der Waals surface area contributed by atoms with Gasteiger partial charge in [-0.2, -0.15) is 10.4 Å². The molecule has 0 unspecified atom stereocenters. The molecule has 0 bridgehead atoms. The van der Waals surface area contributed by atoms with Crippen molar-refractivity contribution in [1.29, 1.82) is 5.26 Å². The van der Waals surface area contributed by atoms with E-state index in [1.807, 2.05) is 31.2 Å². The normalized spacial score (nSPS) is 12.0. The minimum absolute atomic E-state index is 0.280. The first-order valence-electron chi connectivity index (χ1n) is 6.99. The summed E-state index contributed by atoms with van der Waals surface area (Å²) in [6.45, 7) is 2.40. The Balaban J connectivity index is 1.62. The molecule has 116 valence electrons. The molecule has 3 rings (SSSR count). The van der Waals surface area contributed by atoms with E-state index in [1.54, 1.807) is 11.0 Å². The zero-order valence-corrected chi connectivity index (χ0v) is 13.3. The Bertz CT molecular complexity index is 790. The van der Waals surface area contributed by atoms with Gasteiger partial charge in [-0.1, -0.05) is 29.8 Å². The van der Waals surface area contributed by atoms with Crippen molar-refractivity contribution in [1.82, 2.24) is 25.0 Å². The Kier molecular flexibility index (Phi) is 4.68. The molecule has 0 fully saturated rings. The Labute approximate surface area is 137 Å². The maximum atomic E-state index is 9.33. The lowest BCUT2D eigenvalue weighted by atomic mass is 10.1. The number of benzene rings is 1. The van der Waals surface area contributed by atoms with E-state index in [4.69, 9.17) is 4.42 Å². The van der Waals surface area contributed by atoms with Gasteiger partial charge in [0.15, 0.2) is 0 Å². The molecule has 0 saturated heterocycles. The van der Waals surface area contributed by atoms with Crippen LogP contribution in [0.1, 0.15) is 17.0 Å². The monoisotopic (exact) mass is 326 g/mol. The lowest BCUT2D eigenvalue weighted by Gasteiger charge is -2.06. The molecule has 1 atom stereocenters. The van der Waals surface area contributed by atoms with E-state index >= 15 is 0 Å². The Morgan fingerprint density at radius 1 is 1.30 bits per heavy atom. The number of rotatable bonds is 6. The average molecular weight is 326 g/mol. The molecule has 0 aliphatic carbocycles. The average Bonchev–Trinajstić information content (AvgIpc) is 3.21. The summed E-state index contributed by atoms with van der Waals surface area (Å²) >= 11 is 1.27. The van der Waals surface area contributed by atoms with Crippen LogP contribution < -0.4 is 0 Å². The predicted molar refractivity (Wildman–Crippen MR) is 83.6 cm³/mol. The van der Waals surface area contributed by atoms with Crippen LogP contribution in [0.3, 0.4) is 0 Å². The van der Waals surface area contributed by atoms with Crippen LogP contribution in [0.2, 0.25) is 0 Å². The second-order valence-corrected chi connectivity index (χ2v) is 6.13. The smallest absolute Gasteiger partial charge is 0.277 e. The van der Waals surface area contributed by atoms with Gasteiger partial charge in [0.05, 0.1) is 6.07 Å². The van der Waals surface area contributed by atoms with Crippen molar-refractivity contribution in [3.8, 4) is 6.07 Å². The van der Waals surface area contributed by atoms with Crippen LogP contribution >= 0.6 is 11.8 Å². The second-order valence-electron chi connectivity index (χ2n) is 4.98. The Hall–Kier alpha value is -2.66. The van der Waals surface area contributed by atoms with Gasteiger partial charge < -0.3 is 4.42 Å².